The molecule has 0 aliphatic rings. The summed E-state index contributed by atoms with van der Waals surface area (Å²) in [4.78, 5) is 24.6. The second-order valence-electron chi connectivity index (χ2n) is 26.0. The highest BCUT2D eigenvalue weighted by molar-refractivity contribution is 5.76. The molecule has 81 heavy (non-hydrogen) atoms. The van der Waals surface area contributed by atoms with E-state index in [1.807, 2.05) is 0 Å². The summed E-state index contributed by atoms with van der Waals surface area (Å²) in [5.41, 5.74) is 0. The summed E-state index contributed by atoms with van der Waals surface area (Å²) in [6.45, 7) is 5.00. The highest BCUT2D eigenvalue weighted by Crippen LogP contribution is 2.20. The number of carbonyl (C=O) groups is 2. The van der Waals surface area contributed by atoms with Gasteiger partial charge in [0.2, 0.25) is 5.91 Å². The molecule has 482 valence electrons. The Labute approximate surface area is 508 Å². The third-order valence-electron chi connectivity index (χ3n) is 17.8. The molecule has 0 heterocycles. The molecule has 6 heteroatoms. The summed E-state index contributed by atoms with van der Waals surface area (Å²) in [5.74, 6) is -0.00401. The maximum absolute atomic E-state index is 12.5. The highest BCUT2D eigenvalue weighted by Gasteiger charge is 2.20. The molecule has 0 rings (SSSR count). The van der Waals surface area contributed by atoms with Crippen molar-refractivity contribution in [1.29, 1.82) is 0 Å². The minimum atomic E-state index is -0.660. The summed E-state index contributed by atoms with van der Waals surface area (Å²) < 4.78 is 5.51. The molecule has 0 fully saturated rings. The molecule has 0 aromatic carbocycles. The summed E-state index contributed by atoms with van der Waals surface area (Å²) >= 11 is 0. The van der Waals surface area contributed by atoms with Crippen LogP contribution in [0.25, 0.3) is 0 Å². The average Bonchev–Trinajstić information content (AvgIpc) is 3.47. The number of rotatable bonds is 71. The number of esters is 1. The lowest BCUT2D eigenvalue weighted by Crippen LogP contribution is -2.45. The number of hydrogen-bond donors (Lipinski definition) is 3. The molecular weight excluding hydrogens is 995 g/mol. The fraction of sp³-hybridized carbons (Fsp3) is 0.947. The first-order chi connectivity index (χ1) is 40.0. The van der Waals surface area contributed by atoms with Crippen molar-refractivity contribution in [2.75, 3.05) is 13.2 Å². The molecule has 6 nitrogen and oxygen atoms in total. The molecule has 2 atom stereocenters. The second-order valence-corrected chi connectivity index (χ2v) is 26.0. The van der Waals surface area contributed by atoms with E-state index in [0.29, 0.717) is 25.9 Å². The number of carbonyl (C=O) groups excluding carboxylic acids is 2. The van der Waals surface area contributed by atoms with Crippen LogP contribution in [0.1, 0.15) is 431 Å². The number of amides is 1. The first kappa shape index (κ1) is 79.6. The van der Waals surface area contributed by atoms with Gasteiger partial charge in [-0.25, -0.2) is 0 Å². The van der Waals surface area contributed by atoms with Crippen LogP contribution < -0.4 is 5.32 Å². The molecule has 0 aliphatic heterocycles. The topological polar surface area (TPSA) is 95.9 Å². The summed E-state index contributed by atoms with van der Waals surface area (Å²) in [5, 5.41) is 23.3. The van der Waals surface area contributed by atoms with Gasteiger partial charge in [-0.2, -0.15) is 0 Å². The van der Waals surface area contributed by atoms with Gasteiger partial charge >= 0.3 is 5.97 Å². The molecule has 0 saturated carbocycles. The smallest absolute Gasteiger partial charge is 0.305 e. The molecule has 0 saturated heterocycles. The van der Waals surface area contributed by atoms with Crippen molar-refractivity contribution in [2.24, 2.45) is 0 Å². The predicted molar refractivity (Wildman–Crippen MR) is 357 cm³/mol. The van der Waals surface area contributed by atoms with Crippen LogP contribution >= 0.6 is 0 Å². The van der Waals surface area contributed by atoms with Gasteiger partial charge in [-0.1, -0.05) is 379 Å². The van der Waals surface area contributed by atoms with Crippen molar-refractivity contribution < 1.29 is 24.5 Å². The van der Waals surface area contributed by atoms with E-state index in [-0.39, 0.29) is 18.5 Å². The molecule has 0 radical (unpaired) electrons. The number of ether oxygens (including phenoxy) is 1. The maximum Gasteiger partial charge on any atom is 0.305 e. The SMILES string of the molecule is CCCCCCCCCCCCCCCCCCC(=O)OCCCCCCCCCCCCCCCC/C=C\CCCCCCCCCCCCCCCCCCCC(=O)NC(CO)C(O)CCCCCCCCCCCCCCC. The van der Waals surface area contributed by atoms with Crippen LogP contribution in [-0.4, -0.2) is 47.4 Å². The van der Waals surface area contributed by atoms with Gasteiger partial charge in [-0.3, -0.25) is 9.59 Å². The number of hydrogen-bond acceptors (Lipinski definition) is 5. The Hall–Kier alpha value is -1.40. The molecule has 0 aromatic rings. The Balaban J connectivity index is 3.31. The van der Waals surface area contributed by atoms with Crippen molar-refractivity contribution >= 4 is 11.9 Å². The first-order valence-electron chi connectivity index (χ1n) is 37.4. The van der Waals surface area contributed by atoms with E-state index >= 15 is 0 Å². The second kappa shape index (κ2) is 71.1. The predicted octanol–water partition coefficient (Wildman–Crippen LogP) is 24.3. The van der Waals surface area contributed by atoms with Gasteiger partial charge in [0, 0.05) is 12.8 Å². The Bertz CT molecular complexity index is 1220. The van der Waals surface area contributed by atoms with Crippen molar-refractivity contribution in [2.45, 2.75) is 443 Å². The van der Waals surface area contributed by atoms with E-state index in [4.69, 9.17) is 4.74 Å². The van der Waals surface area contributed by atoms with Crippen molar-refractivity contribution in [3.8, 4) is 0 Å². The fourth-order valence-electron chi connectivity index (χ4n) is 12.1. The molecule has 0 aliphatic carbocycles. The lowest BCUT2D eigenvalue weighted by molar-refractivity contribution is -0.143. The normalized spacial score (nSPS) is 12.5. The lowest BCUT2D eigenvalue weighted by atomic mass is 10.0. The standard InChI is InChI=1S/C75H147NO5/c1-3-5-7-9-11-13-15-17-18-41-45-49-53-57-61-65-69-75(80)81-70-66-62-58-54-50-46-42-39-37-35-33-31-29-27-25-23-21-19-20-22-24-26-28-30-32-34-36-38-40-44-48-52-56-60-64-68-74(79)76-72(71-77)73(78)67-63-59-55-51-47-43-16-14-12-10-8-6-4-2/h21,23,72-73,77-78H,3-20,22,24-71H2,1-2H3,(H,76,79)/b23-21-. The van der Waals surface area contributed by atoms with Crippen LogP contribution in [0.2, 0.25) is 0 Å². The number of aliphatic hydroxyl groups excluding tert-OH is 2. The molecule has 0 spiro atoms. The number of unbranched alkanes of at least 4 members (excludes halogenated alkanes) is 58. The maximum atomic E-state index is 12.5. The number of allylic oxidation sites excluding steroid dienone is 2. The molecule has 3 N–H and O–H groups in total. The van der Waals surface area contributed by atoms with Gasteiger partial charge in [0.15, 0.2) is 0 Å². The van der Waals surface area contributed by atoms with Gasteiger partial charge in [-0.15, -0.1) is 0 Å². The van der Waals surface area contributed by atoms with Gasteiger partial charge in [-0.05, 0) is 51.4 Å². The quantitative estimate of drug-likeness (QED) is 0.0320. The lowest BCUT2D eigenvalue weighted by Gasteiger charge is -2.22. The first-order valence-corrected chi connectivity index (χ1v) is 37.4. The Morgan fingerprint density at radius 1 is 0.333 bits per heavy atom. The molecule has 0 bridgehead atoms. The molecule has 1 amide bonds. The van der Waals surface area contributed by atoms with E-state index in [1.54, 1.807) is 0 Å². The van der Waals surface area contributed by atoms with Gasteiger partial charge in [0.25, 0.3) is 0 Å². The van der Waals surface area contributed by atoms with Crippen LogP contribution in [0, 0.1) is 0 Å². The van der Waals surface area contributed by atoms with Crippen molar-refractivity contribution in [1.82, 2.24) is 5.32 Å². The monoisotopic (exact) mass is 1140 g/mol. The Morgan fingerprint density at radius 3 is 0.877 bits per heavy atom. The van der Waals surface area contributed by atoms with Crippen molar-refractivity contribution in [3.63, 3.8) is 0 Å². The minimum Gasteiger partial charge on any atom is -0.466 e. The Morgan fingerprint density at radius 2 is 0.580 bits per heavy atom. The summed E-state index contributed by atoms with van der Waals surface area (Å²) in [7, 11) is 0. The number of nitrogens with one attached hydrogen (secondary N) is 1. The van der Waals surface area contributed by atoms with E-state index < -0.39 is 12.1 Å². The van der Waals surface area contributed by atoms with Crippen molar-refractivity contribution in [3.05, 3.63) is 12.2 Å². The minimum absolute atomic E-state index is 0.0247. The van der Waals surface area contributed by atoms with Gasteiger partial charge in [0.05, 0.1) is 25.4 Å². The third kappa shape index (κ3) is 67.6. The molecular formula is C75H147NO5. The van der Waals surface area contributed by atoms with E-state index in [9.17, 15) is 19.8 Å². The molecule has 0 aromatic heterocycles. The zero-order valence-corrected chi connectivity index (χ0v) is 55.3. The number of aliphatic hydroxyl groups is 2. The highest BCUT2D eigenvalue weighted by atomic mass is 16.5. The van der Waals surface area contributed by atoms with E-state index in [1.165, 1.54) is 360 Å². The zero-order chi connectivity index (χ0) is 58.5. The van der Waals surface area contributed by atoms with Crippen LogP contribution in [0.4, 0.5) is 0 Å². The van der Waals surface area contributed by atoms with Crippen LogP contribution in [-0.2, 0) is 14.3 Å². The zero-order valence-electron chi connectivity index (χ0n) is 55.3. The van der Waals surface area contributed by atoms with Gasteiger partial charge in [0.1, 0.15) is 0 Å². The third-order valence-corrected chi connectivity index (χ3v) is 17.8. The Kier molecular flexibility index (Phi) is 69.9. The van der Waals surface area contributed by atoms with Crippen LogP contribution in [0.15, 0.2) is 12.2 Å². The summed E-state index contributed by atoms with van der Waals surface area (Å²) in [6, 6.07) is -0.537. The van der Waals surface area contributed by atoms with Crippen LogP contribution in [0.3, 0.4) is 0 Å². The average molecular weight is 1140 g/mol. The van der Waals surface area contributed by atoms with Crippen LogP contribution in [0.5, 0.6) is 0 Å². The summed E-state index contributed by atoms with van der Waals surface area (Å²) in [6.07, 6.45) is 88.7. The largest absolute Gasteiger partial charge is 0.466 e. The van der Waals surface area contributed by atoms with Gasteiger partial charge < -0.3 is 20.3 Å². The van der Waals surface area contributed by atoms with E-state index in [2.05, 4.69) is 31.3 Å². The molecule has 2 unspecified atom stereocenters. The van der Waals surface area contributed by atoms with E-state index in [0.717, 1.165) is 38.5 Å². The fourth-order valence-corrected chi connectivity index (χ4v) is 12.1.